The maximum Gasteiger partial charge on any atom is 0.327 e. The molecule has 7 nitrogen and oxygen atoms in total. The average molecular weight is 409 g/mol. The number of ketones is 1. The lowest BCUT2D eigenvalue weighted by atomic mass is 9.95. The maximum atomic E-state index is 12.4. The van der Waals surface area contributed by atoms with Gasteiger partial charge in [-0.3, -0.25) is 9.59 Å². The Hall–Kier alpha value is -2.26. The SMILES string of the molecule is C=S1[C@@H]2C(=CC(=O)CS(=O)(=O)c3ccccc3)C(=O)N2[C@@H](C(=O)O)C1(C)C. The minimum atomic E-state index is -3.82. The zero-order chi connectivity index (χ0) is 20.1. The summed E-state index contributed by atoms with van der Waals surface area (Å²) in [7, 11) is -4.56. The fraction of sp³-hybridized carbons (Fsp3) is 0.333. The van der Waals surface area contributed by atoms with Crippen LogP contribution in [-0.4, -0.2) is 63.9 Å². The van der Waals surface area contributed by atoms with Crippen molar-refractivity contribution in [3.8, 4) is 0 Å². The molecular formula is C18H19NO6S2. The molecular weight excluding hydrogens is 390 g/mol. The summed E-state index contributed by atoms with van der Waals surface area (Å²) in [4.78, 5) is 37.6. The summed E-state index contributed by atoms with van der Waals surface area (Å²) < 4.78 is 23.9. The van der Waals surface area contributed by atoms with Crippen molar-refractivity contribution in [2.75, 3.05) is 5.75 Å². The maximum absolute atomic E-state index is 12.4. The number of carbonyl (C=O) groups is 3. The van der Waals surface area contributed by atoms with Crippen LogP contribution in [0.15, 0.2) is 46.9 Å². The zero-order valence-corrected chi connectivity index (χ0v) is 16.4. The van der Waals surface area contributed by atoms with Crippen molar-refractivity contribution >= 4 is 43.9 Å². The minimum absolute atomic E-state index is 0.0307. The van der Waals surface area contributed by atoms with Gasteiger partial charge in [0.2, 0.25) is 0 Å². The predicted octanol–water partition coefficient (Wildman–Crippen LogP) is 1.07. The molecule has 0 aliphatic carbocycles. The van der Waals surface area contributed by atoms with Gasteiger partial charge >= 0.3 is 5.97 Å². The Morgan fingerprint density at radius 2 is 1.89 bits per heavy atom. The molecule has 2 saturated heterocycles. The highest BCUT2D eigenvalue weighted by molar-refractivity contribution is 8.16. The number of carboxylic acids is 1. The van der Waals surface area contributed by atoms with Gasteiger partial charge in [-0.2, -0.15) is 10.5 Å². The predicted molar refractivity (Wildman–Crippen MR) is 102 cm³/mol. The molecule has 2 aliphatic rings. The average Bonchev–Trinajstić information content (AvgIpc) is 2.77. The fourth-order valence-electron chi connectivity index (χ4n) is 3.42. The third-order valence-corrected chi connectivity index (χ3v) is 9.12. The van der Waals surface area contributed by atoms with Crippen molar-refractivity contribution in [2.45, 2.75) is 34.9 Å². The van der Waals surface area contributed by atoms with E-state index in [0.29, 0.717) is 0 Å². The van der Waals surface area contributed by atoms with Crippen molar-refractivity contribution in [1.82, 2.24) is 4.90 Å². The van der Waals surface area contributed by atoms with Crippen molar-refractivity contribution < 1.29 is 27.9 Å². The zero-order valence-electron chi connectivity index (χ0n) is 14.8. The molecule has 1 N–H and O–H groups in total. The molecule has 0 aromatic heterocycles. The van der Waals surface area contributed by atoms with Crippen LogP contribution in [0.1, 0.15) is 13.8 Å². The fourth-order valence-corrected chi connectivity index (χ4v) is 6.66. The lowest BCUT2D eigenvalue weighted by Gasteiger charge is -2.39. The number of benzene rings is 1. The van der Waals surface area contributed by atoms with Gasteiger partial charge in [-0.15, -0.1) is 0 Å². The van der Waals surface area contributed by atoms with E-state index in [0.717, 1.165) is 6.08 Å². The van der Waals surface area contributed by atoms with E-state index in [2.05, 4.69) is 5.87 Å². The summed E-state index contributed by atoms with van der Waals surface area (Å²) in [5.41, 5.74) is 0.137. The highest BCUT2D eigenvalue weighted by Gasteiger charge is 2.62. The summed E-state index contributed by atoms with van der Waals surface area (Å²) in [5, 5.41) is 8.90. The van der Waals surface area contributed by atoms with Crippen molar-refractivity contribution in [2.24, 2.45) is 0 Å². The van der Waals surface area contributed by atoms with Gasteiger partial charge in [-0.05, 0) is 32.1 Å². The molecule has 1 unspecified atom stereocenters. The van der Waals surface area contributed by atoms with E-state index in [4.69, 9.17) is 0 Å². The van der Waals surface area contributed by atoms with Crippen LogP contribution in [0, 0.1) is 0 Å². The summed E-state index contributed by atoms with van der Waals surface area (Å²) in [6.07, 6.45) is 1.04. The molecule has 2 heterocycles. The molecule has 9 heteroatoms. The third-order valence-electron chi connectivity index (χ3n) is 4.87. The van der Waals surface area contributed by atoms with Gasteiger partial charge in [0.25, 0.3) is 5.91 Å². The van der Waals surface area contributed by atoms with Crippen molar-refractivity contribution in [1.29, 1.82) is 0 Å². The van der Waals surface area contributed by atoms with Gasteiger partial charge in [0.1, 0.15) is 17.2 Å². The van der Waals surface area contributed by atoms with Crippen LogP contribution in [0.2, 0.25) is 0 Å². The first kappa shape index (κ1) is 19.5. The van der Waals surface area contributed by atoms with Crippen LogP contribution in [0.5, 0.6) is 0 Å². The van der Waals surface area contributed by atoms with Gasteiger partial charge in [0, 0.05) is 4.75 Å². The lowest BCUT2D eigenvalue weighted by molar-refractivity contribution is -0.152. The number of carbonyl (C=O) groups excluding carboxylic acids is 2. The first-order valence-corrected chi connectivity index (χ1v) is 11.2. The number of aliphatic carboxylic acids is 1. The van der Waals surface area contributed by atoms with Crippen LogP contribution in [0.4, 0.5) is 0 Å². The third kappa shape index (κ3) is 3.04. The number of hydrogen-bond acceptors (Lipinski definition) is 5. The Balaban J connectivity index is 1.85. The highest BCUT2D eigenvalue weighted by atomic mass is 32.2. The Morgan fingerprint density at radius 3 is 2.44 bits per heavy atom. The van der Waals surface area contributed by atoms with E-state index in [1.165, 1.54) is 17.0 Å². The number of sulfone groups is 1. The molecule has 27 heavy (non-hydrogen) atoms. The monoisotopic (exact) mass is 409 g/mol. The molecule has 3 rings (SSSR count). The van der Waals surface area contributed by atoms with Crippen LogP contribution in [0.25, 0.3) is 0 Å². The smallest absolute Gasteiger partial charge is 0.327 e. The summed E-state index contributed by atoms with van der Waals surface area (Å²) in [5.74, 6) is 0.887. The van der Waals surface area contributed by atoms with Gasteiger partial charge in [0.15, 0.2) is 15.6 Å². The molecule has 0 bridgehead atoms. The molecule has 1 amide bonds. The Morgan fingerprint density at radius 1 is 1.30 bits per heavy atom. The van der Waals surface area contributed by atoms with Crippen LogP contribution in [0.3, 0.4) is 0 Å². The highest BCUT2D eigenvalue weighted by Crippen LogP contribution is 2.56. The second-order valence-corrected chi connectivity index (χ2v) is 11.3. The van der Waals surface area contributed by atoms with E-state index >= 15 is 0 Å². The quantitative estimate of drug-likeness (QED) is 0.443. The Bertz CT molecular complexity index is 994. The largest absolute Gasteiger partial charge is 0.480 e. The molecule has 0 radical (unpaired) electrons. The van der Waals surface area contributed by atoms with Crippen molar-refractivity contribution in [3.63, 3.8) is 0 Å². The van der Waals surface area contributed by atoms with Crippen molar-refractivity contribution in [3.05, 3.63) is 42.0 Å². The molecule has 144 valence electrons. The van der Waals surface area contributed by atoms with Crippen LogP contribution in [-0.2, 0) is 24.2 Å². The van der Waals surface area contributed by atoms with E-state index in [9.17, 15) is 27.9 Å². The number of β-lactam (4-membered cyclic amide) rings is 1. The Labute approximate surface area is 159 Å². The molecule has 0 saturated carbocycles. The number of amides is 1. The van der Waals surface area contributed by atoms with Gasteiger partial charge in [-0.25, -0.2) is 13.2 Å². The number of rotatable bonds is 5. The minimum Gasteiger partial charge on any atom is -0.480 e. The second-order valence-electron chi connectivity index (χ2n) is 6.98. The summed E-state index contributed by atoms with van der Waals surface area (Å²) >= 11 is 0. The molecule has 2 fully saturated rings. The number of fused-ring (bicyclic) bond motifs is 1. The first-order valence-electron chi connectivity index (χ1n) is 8.09. The molecule has 0 spiro atoms. The normalized spacial score (nSPS) is 27.9. The second kappa shape index (κ2) is 6.42. The Kier molecular flexibility index (Phi) is 4.63. The topological polar surface area (TPSA) is 109 Å². The van der Waals surface area contributed by atoms with Gasteiger partial charge < -0.3 is 10.0 Å². The molecule has 3 atom stereocenters. The van der Waals surface area contributed by atoms with E-state index in [-0.39, 0.29) is 10.5 Å². The molecule has 1 aromatic rings. The number of hydrogen-bond donors (Lipinski definition) is 1. The lowest BCUT2D eigenvalue weighted by Crippen LogP contribution is -2.58. The van der Waals surface area contributed by atoms with Gasteiger partial charge in [-0.1, -0.05) is 24.1 Å². The molecule has 1 aromatic carbocycles. The van der Waals surface area contributed by atoms with Gasteiger partial charge in [0.05, 0.1) is 10.5 Å². The first-order chi connectivity index (χ1) is 12.5. The summed E-state index contributed by atoms with van der Waals surface area (Å²) in [6.45, 7) is 3.46. The number of allylic oxidation sites excluding steroid dienone is 1. The number of carboxylic acid groups (broad SMARTS) is 1. The standard InChI is InChI=1S/C18H19NO6S2/c1-18(2)14(17(22)23)19-15(21)13(16(19)26(18)3)9-11(20)10-27(24,25)12-7-5-4-6-8-12/h4-9,14,16H,3,10H2,1-2H3,(H,22,23)/t14-,16+,26?/m0/s1. The van der Waals surface area contributed by atoms with E-state index in [1.807, 2.05) is 0 Å². The van der Waals surface area contributed by atoms with Crippen LogP contribution < -0.4 is 0 Å². The summed E-state index contributed by atoms with van der Waals surface area (Å²) in [6, 6.07) is 6.57. The number of nitrogens with zero attached hydrogens (tertiary/aromatic N) is 1. The van der Waals surface area contributed by atoms with E-state index in [1.54, 1.807) is 32.0 Å². The van der Waals surface area contributed by atoms with Crippen LogP contribution >= 0.6 is 10.5 Å². The van der Waals surface area contributed by atoms with E-state index < -0.39 is 59.9 Å². The molecule has 2 aliphatic heterocycles.